The van der Waals surface area contributed by atoms with Gasteiger partial charge in [0.2, 0.25) is 0 Å². The van der Waals surface area contributed by atoms with Crippen molar-refractivity contribution in [2.45, 2.75) is 6.42 Å². The first-order chi connectivity index (χ1) is 7.90. The SMILES string of the molecule is CNc1cccc2[nH]c3c(c12)CC=CC=C3. The predicted octanol–water partition coefficient (Wildman–Crippen LogP) is 3.34. The topological polar surface area (TPSA) is 27.8 Å². The number of rotatable bonds is 1. The Hall–Kier alpha value is -1.96. The number of nitrogens with one attached hydrogen (secondary N) is 2. The Morgan fingerprint density at radius 3 is 3.06 bits per heavy atom. The van der Waals surface area contributed by atoms with Gasteiger partial charge in [-0.3, -0.25) is 0 Å². The molecule has 0 aliphatic heterocycles. The van der Waals surface area contributed by atoms with Crippen molar-refractivity contribution in [3.63, 3.8) is 0 Å². The summed E-state index contributed by atoms with van der Waals surface area (Å²) < 4.78 is 0. The van der Waals surface area contributed by atoms with E-state index in [1.165, 1.54) is 27.8 Å². The lowest BCUT2D eigenvalue weighted by atomic mass is 10.1. The molecule has 0 bridgehead atoms. The molecule has 0 radical (unpaired) electrons. The molecule has 2 nitrogen and oxygen atoms in total. The van der Waals surface area contributed by atoms with E-state index in [-0.39, 0.29) is 0 Å². The van der Waals surface area contributed by atoms with Crippen LogP contribution in [0.25, 0.3) is 17.0 Å². The van der Waals surface area contributed by atoms with Gasteiger partial charge in [0.15, 0.2) is 0 Å². The average molecular weight is 210 g/mol. The summed E-state index contributed by atoms with van der Waals surface area (Å²) in [5, 5.41) is 4.57. The van der Waals surface area contributed by atoms with E-state index < -0.39 is 0 Å². The minimum atomic E-state index is 0.987. The third-order valence-electron chi connectivity index (χ3n) is 3.06. The van der Waals surface area contributed by atoms with E-state index in [0.717, 1.165) is 6.42 Å². The second-order valence-electron chi connectivity index (χ2n) is 3.99. The van der Waals surface area contributed by atoms with E-state index >= 15 is 0 Å². The minimum Gasteiger partial charge on any atom is -0.388 e. The van der Waals surface area contributed by atoms with Gasteiger partial charge in [-0.15, -0.1) is 0 Å². The summed E-state index contributed by atoms with van der Waals surface area (Å²) in [5.41, 5.74) is 5.00. The van der Waals surface area contributed by atoms with E-state index in [1.807, 2.05) is 7.05 Å². The molecule has 0 unspecified atom stereocenters. The maximum absolute atomic E-state index is 3.46. The summed E-state index contributed by atoms with van der Waals surface area (Å²) in [6.07, 6.45) is 9.50. The van der Waals surface area contributed by atoms with E-state index in [9.17, 15) is 0 Å². The van der Waals surface area contributed by atoms with Gasteiger partial charge in [-0.1, -0.05) is 24.3 Å². The molecule has 1 heterocycles. The van der Waals surface area contributed by atoms with Crippen LogP contribution in [0.3, 0.4) is 0 Å². The van der Waals surface area contributed by atoms with Crippen molar-refractivity contribution in [3.8, 4) is 0 Å². The number of anilines is 1. The first-order valence-electron chi connectivity index (χ1n) is 5.54. The van der Waals surface area contributed by atoms with Gasteiger partial charge >= 0.3 is 0 Å². The van der Waals surface area contributed by atoms with Crippen LogP contribution in [0.4, 0.5) is 5.69 Å². The zero-order chi connectivity index (χ0) is 11.0. The summed E-state index contributed by atoms with van der Waals surface area (Å²) in [6.45, 7) is 0. The van der Waals surface area contributed by atoms with Gasteiger partial charge in [-0.05, 0) is 30.2 Å². The first kappa shape index (κ1) is 9.28. The molecule has 0 saturated carbocycles. The lowest BCUT2D eigenvalue weighted by Gasteiger charge is -2.04. The normalized spacial score (nSPS) is 13.8. The monoisotopic (exact) mass is 210 g/mol. The van der Waals surface area contributed by atoms with E-state index in [4.69, 9.17) is 0 Å². The van der Waals surface area contributed by atoms with Crippen LogP contribution in [-0.2, 0) is 6.42 Å². The molecule has 80 valence electrons. The Balaban J connectivity index is 2.36. The van der Waals surface area contributed by atoms with Gasteiger partial charge in [0, 0.05) is 29.3 Å². The Bertz CT molecular complexity index is 588. The van der Waals surface area contributed by atoms with Gasteiger partial charge in [0.25, 0.3) is 0 Å². The van der Waals surface area contributed by atoms with Gasteiger partial charge in [-0.2, -0.15) is 0 Å². The second kappa shape index (κ2) is 3.56. The highest BCUT2D eigenvalue weighted by atomic mass is 14.8. The summed E-state index contributed by atoms with van der Waals surface area (Å²) in [6, 6.07) is 6.32. The fourth-order valence-electron chi connectivity index (χ4n) is 2.32. The van der Waals surface area contributed by atoms with Crippen molar-refractivity contribution >= 4 is 22.7 Å². The van der Waals surface area contributed by atoms with Crippen LogP contribution in [0.2, 0.25) is 0 Å². The largest absolute Gasteiger partial charge is 0.388 e. The Labute approximate surface area is 94.7 Å². The number of aromatic nitrogens is 1. The molecule has 16 heavy (non-hydrogen) atoms. The molecule has 1 aromatic carbocycles. The zero-order valence-electron chi connectivity index (χ0n) is 9.25. The summed E-state index contributed by atoms with van der Waals surface area (Å²) in [7, 11) is 1.97. The maximum Gasteiger partial charge on any atom is 0.0482 e. The average Bonchev–Trinajstić information content (AvgIpc) is 2.52. The van der Waals surface area contributed by atoms with E-state index in [0.29, 0.717) is 0 Å². The van der Waals surface area contributed by atoms with Gasteiger partial charge in [0.05, 0.1) is 0 Å². The lowest BCUT2D eigenvalue weighted by Crippen LogP contribution is -1.90. The molecule has 2 N–H and O–H groups in total. The van der Waals surface area contributed by atoms with Gasteiger partial charge in [0.1, 0.15) is 0 Å². The number of fused-ring (bicyclic) bond motifs is 3. The highest BCUT2D eigenvalue weighted by Crippen LogP contribution is 2.31. The molecule has 2 aromatic rings. The summed E-state index contributed by atoms with van der Waals surface area (Å²) in [4.78, 5) is 3.46. The number of hydrogen-bond donors (Lipinski definition) is 2. The molecule has 1 aromatic heterocycles. The molecule has 1 aliphatic rings. The van der Waals surface area contributed by atoms with Crippen molar-refractivity contribution in [3.05, 3.63) is 47.7 Å². The number of hydrogen-bond acceptors (Lipinski definition) is 1. The quantitative estimate of drug-likeness (QED) is 0.742. The zero-order valence-corrected chi connectivity index (χ0v) is 9.25. The van der Waals surface area contributed by atoms with Crippen LogP contribution >= 0.6 is 0 Å². The maximum atomic E-state index is 3.46. The van der Waals surface area contributed by atoms with Gasteiger partial charge < -0.3 is 10.3 Å². The first-order valence-corrected chi connectivity index (χ1v) is 5.54. The highest BCUT2D eigenvalue weighted by molar-refractivity contribution is 5.97. The molecule has 2 heteroatoms. The van der Waals surface area contributed by atoms with Crippen molar-refractivity contribution in [1.82, 2.24) is 4.98 Å². The minimum absolute atomic E-state index is 0.987. The van der Waals surface area contributed by atoms with Crippen LogP contribution in [0, 0.1) is 0 Å². The predicted molar refractivity (Wildman–Crippen MR) is 69.7 cm³/mol. The van der Waals surface area contributed by atoms with Crippen LogP contribution in [-0.4, -0.2) is 12.0 Å². The van der Waals surface area contributed by atoms with Crippen molar-refractivity contribution in [1.29, 1.82) is 0 Å². The third kappa shape index (κ3) is 1.27. The molecule has 3 rings (SSSR count). The molecule has 0 saturated heterocycles. The van der Waals surface area contributed by atoms with Crippen molar-refractivity contribution in [2.24, 2.45) is 0 Å². The fourth-order valence-corrected chi connectivity index (χ4v) is 2.32. The Morgan fingerprint density at radius 1 is 1.25 bits per heavy atom. The second-order valence-corrected chi connectivity index (χ2v) is 3.99. The van der Waals surface area contributed by atoms with E-state index in [1.54, 1.807) is 0 Å². The van der Waals surface area contributed by atoms with Crippen LogP contribution in [0.1, 0.15) is 11.3 Å². The summed E-state index contributed by atoms with van der Waals surface area (Å²) in [5.74, 6) is 0. The standard InChI is InChI=1S/C14H14N2/c1-15-12-8-5-9-13-14(12)10-6-3-2-4-7-11(10)16-13/h2-5,7-9,15-16H,6H2,1H3. The molecule has 1 aliphatic carbocycles. The van der Waals surface area contributed by atoms with Crippen LogP contribution in [0.5, 0.6) is 0 Å². The molecule has 0 fully saturated rings. The van der Waals surface area contributed by atoms with Gasteiger partial charge in [-0.25, -0.2) is 0 Å². The molecular weight excluding hydrogens is 196 g/mol. The molecular formula is C14H14N2. The number of allylic oxidation sites excluding steroid dienone is 3. The molecule has 0 amide bonds. The molecule has 0 spiro atoms. The van der Waals surface area contributed by atoms with E-state index in [2.05, 4.69) is 52.8 Å². The Kier molecular flexibility index (Phi) is 2.07. The van der Waals surface area contributed by atoms with Crippen molar-refractivity contribution < 1.29 is 0 Å². The fraction of sp³-hybridized carbons (Fsp3) is 0.143. The van der Waals surface area contributed by atoms with Crippen LogP contribution < -0.4 is 5.32 Å². The van der Waals surface area contributed by atoms with Crippen LogP contribution in [0.15, 0.2) is 36.4 Å². The number of H-pyrrole nitrogens is 1. The molecule has 0 atom stereocenters. The summed E-state index contributed by atoms with van der Waals surface area (Å²) >= 11 is 0. The number of benzene rings is 1. The smallest absolute Gasteiger partial charge is 0.0482 e. The Morgan fingerprint density at radius 2 is 2.19 bits per heavy atom. The number of aromatic amines is 1. The third-order valence-corrected chi connectivity index (χ3v) is 3.06. The lowest BCUT2D eigenvalue weighted by molar-refractivity contribution is 1.27. The van der Waals surface area contributed by atoms with Crippen molar-refractivity contribution in [2.75, 3.05) is 12.4 Å². The highest BCUT2D eigenvalue weighted by Gasteiger charge is 2.12.